The highest BCUT2D eigenvalue weighted by atomic mass is 32.2. The third kappa shape index (κ3) is 9.17. The SMILES string of the molecule is CC1(C)OBc2ccc(N(O)C(=O)[C@@H](CSc3ccc(C(F)(F)F)cc3)NC(=O)[C@@H](N)CCC(=O)NC(CN)CN)cc21. The van der Waals surface area contributed by atoms with E-state index < -0.39 is 53.2 Å². The van der Waals surface area contributed by atoms with Crippen molar-refractivity contribution in [3.8, 4) is 0 Å². The number of carbonyl (C=O) groups excluding carboxylic acids is 3. The zero-order valence-corrected chi connectivity index (χ0v) is 24.6. The van der Waals surface area contributed by atoms with Crippen molar-refractivity contribution in [3.63, 3.8) is 0 Å². The smallest absolute Gasteiger partial charge is 0.416 e. The molecule has 0 saturated heterocycles. The number of nitrogens with one attached hydrogen (secondary N) is 2. The van der Waals surface area contributed by atoms with Crippen molar-refractivity contribution in [1.29, 1.82) is 0 Å². The molecule has 0 aliphatic carbocycles. The zero-order chi connectivity index (χ0) is 31.9. The molecule has 2 aromatic carbocycles. The van der Waals surface area contributed by atoms with Crippen LogP contribution in [0.1, 0.15) is 37.8 Å². The summed E-state index contributed by atoms with van der Waals surface area (Å²) in [5.41, 5.74) is 17.4. The Labute approximate surface area is 252 Å². The van der Waals surface area contributed by atoms with Crippen LogP contribution >= 0.6 is 11.8 Å². The molecular formula is C27H36BF3N6O5S. The van der Waals surface area contributed by atoms with E-state index in [4.69, 9.17) is 21.9 Å². The minimum atomic E-state index is -4.51. The lowest BCUT2D eigenvalue weighted by molar-refractivity contribution is -0.137. The van der Waals surface area contributed by atoms with Crippen LogP contribution in [0.15, 0.2) is 47.4 Å². The maximum absolute atomic E-state index is 13.5. The van der Waals surface area contributed by atoms with Gasteiger partial charge >= 0.3 is 13.7 Å². The summed E-state index contributed by atoms with van der Waals surface area (Å²) >= 11 is 1.00. The van der Waals surface area contributed by atoms with Gasteiger partial charge in [0.1, 0.15) is 6.04 Å². The molecule has 0 saturated carbocycles. The molecule has 9 N–H and O–H groups in total. The first-order valence-corrected chi connectivity index (χ1v) is 14.5. The fourth-order valence-corrected chi connectivity index (χ4v) is 5.21. The number of hydroxylamine groups is 1. The Morgan fingerprint density at radius 3 is 2.35 bits per heavy atom. The van der Waals surface area contributed by atoms with Crippen LogP contribution in [0, 0.1) is 0 Å². The van der Waals surface area contributed by atoms with E-state index in [2.05, 4.69) is 10.6 Å². The summed E-state index contributed by atoms with van der Waals surface area (Å²) in [7, 11) is 0.374. The van der Waals surface area contributed by atoms with E-state index in [1.165, 1.54) is 18.2 Å². The molecule has 2 atom stereocenters. The van der Waals surface area contributed by atoms with Crippen molar-refractivity contribution in [2.24, 2.45) is 17.2 Å². The molecule has 1 aliphatic heterocycles. The molecule has 43 heavy (non-hydrogen) atoms. The largest absolute Gasteiger partial charge is 0.426 e. The molecule has 0 bridgehead atoms. The first-order valence-electron chi connectivity index (χ1n) is 13.5. The van der Waals surface area contributed by atoms with Gasteiger partial charge in [-0.05, 0) is 67.7 Å². The predicted molar refractivity (Wildman–Crippen MR) is 158 cm³/mol. The molecule has 0 unspecified atom stereocenters. The highest BCUT2D eigenvalue weighted by molar-refractivity contribution is 7.99. The first kappa shape index (κ1) is 34.3. The Morgan fingerprint density at radius 2 is 1.74 bits per heavy atom. The van der Waals surface area contributed by atoms with Gasteiger partial charge in [-0.25, -0.2) is 0 Å². The molecule has 2 aromatic rings. The molecule has 3 amide bonds. The van der Waals surface area contributed by atoms with E-state index in [0.717, 1.165) is 34.9 Å². The van der Waals surface area contributed by atoms with Crippen LogP contribution in [0.5, 0.6) is 0 Å². The molecule has 11 nitrogen and oxygen atoms in total. The standard InChI is InChI=1S/C27H36BF3N6O5S/c1-26(2)19-11-17(5-8-20(19)28-42-26)37(41)25(40)22(14-43-18-6-3-15(4-7-18)27(29,30)31)36-24(39)21(34)9-10-23(38)35-16(12-32)13-33/h3-8,11,16,21-22,28,41H,9-10,12-14,32-34H2,1-2H3,(H,35,38)(H,36,39)/t21-,22+/m0/s1. The normalized spacial score (nSPS) is 15.3. The molecule has 0 radical (unpaired) electrons. The van der Waals surface area contributed by atoms with E-state index in [0.29, 0.717) is 17.4 Å². The van der Waals surface area contributed by atoms with Gasteiger partial charge in [-0.1, -0.05) is 6.07 Å². The van der Waals surface area contributed by atoms with Gasteiger partial charge in [-0.2, -0.15) is 18.2 Å². The number of benzene rings is 2. The van der Waals surface area contributed by atoms with E-state index >= 15 is 0 Å². The van der Waals surface area contributed by atoms with Gasteiger partial charge in [0.05, 0.1) is 28.9 Å². The van der Waals surface area contributed by atoms with Gasteiger partial charge in [0.2, 0.25) is 11.8 Å². The highest BCUT2D eigenvalue weighted by Gasteiger charge is 2.34. The number of hydrogen-bond acceptors (Lipinski definition) is 9. The Morgan fingerprint density at radius 1 is 1.09 bits per heavy atom. The monoisotopic (exact) mass is 624 g/mol. The summed E-state index contributed by atoms with van der Waals surface area (Å²) in [6, 6.07) is 6.24. The second kappa shape index (κ2) is 14.6. The van der Waals surface area contributed by atoms with E-state index in [9.17, 15) is 32.8 Å². The molecule has 0 fully saturated rings. The molecule has 0 aromatic heterocycles. The van der Waals surface area contributed by atoms with Crippen LogP contribution in [0.25, 0.3) is 0 Å². The van der Waals surface area contributed by atoms with Crippen molar-refractivity contribution < 1.29 is 37.4 Å². The van der Waals surface area contributed by atoms with Crippen LogP contribution in [-0.2, 0) is 30.8 Å². The van der Waals surface area contributed by atoms with E-state index in [-0.39, 0.29) is 37.4 Å². The zero-order valence-electron chi connectivity index (χ0n) is 23.8. The lowest BCUT2D eigenvalue weighted by Gasteiger charge is -2.26. The number of alkyl halides is 3. The lowest BCUT2D eigenvalue weighted by atomic mass is 9.84. The summed E-state index contributed by atoms with van der Waals surface area (Å²) in [4.78, 5) is 39.0. The number of rotatable bonds is 13. The molecule has 234 valence electrons. The van der Waals surface area contributed by atoms with Crippen molar-refractivity contribution in [2.75, 3.05) is 23.9 Å². The van der Waals surface area contributed by atoms with Gasteiger partial charge in [-0.15, -0.1) is 11.8 Å². The topological polar surface area (TPSA) is 186 Å². The number of thioether (sulfide) groups is 1. The van der Waals surface area contributed by atoms with Crippen LogP contribution in [0.4, 0.5) is 18.9 Å². The minimum Gasteiger partial charge on any atom is -0.426 e. The Bertz CT molecular complexity index is 1300. The summed E-state index contributed by atoms with van der Waals surface area (Å²) in [5.74, 6) is -2.21. The number of nitrogens with zero attached hydrogens (tertiary/aromatic N) is 1. The van der Waals surface area contributed by atoms with E-state index in [1.54, 1.807) is 12.1 Å². The molecule has 1 aliphatic rings. The highest BCUT2D eigenvalue weighted by Crippen LogP contribution is 2.32. The van der Waals surface area contributed by atoms with Crippen LogP contribution in [0.2, 0.25) is 0 Å². The third-order valence-electron chi connectivity index (χ3n) is 6.95. The molecule has 16 heteroatoms. The Hall–Kier alpha value is -3.15. The van der Waals surface area contributed by atoms with Crippen molar-refractivity contribution in [1.82, 2.24) is 10.6 Å². The average molecular weight is 624 g/mol. The molecule has 3 rings (SSSR count). The minimum absolute atomic E-state index is 0.0603. The summed E-state index contributed by atoms with van der Waals surface area (Å²) in [6.07, 6.45) is -4.68. The number of amides is 3. The quantitative estimate of drug-likeness (QED) is 0.0797. The molecule has 1 heterocycles. The molecule has 0 spiro atoms. The first-order chi connectivity index (χ1) is 20.2. The second-order valence-corrected chi connectivity index (χ2v) is 11.7. The van der Waals surface area contributed by atoms with Crippen LogP contribution in [-0.4, -0.2) is 67.4 Å². The number of fused-ring (bicyclic) bond motifs is 1. The van der Waals surface area contributed by atoms with Crippen molar-refractivity contribution in [2.45, 2.75) is 61.5 Å². The fraction of sp³-hybridized carbons (Fsp3) is 0.444. The maximum atomic E-state index is 13.5. The number of nitrogens with two attached hydrogens (primary N) is 3. The Kier molecular flexibility index (Phi) is 11.6. The van der Waals surface area contributed by atoms with Crippen LogP contribution < -0.4 is 38.4 Å². The predicted octanol–water partition coefficient (Wildman–Crippen LogP) is 0.457. The average Bonchev–Trinajstić information content (AvgIpc) is 3.28. The maximum Gasteiger partial charge on any atom is 0.416 e. The van der Waals surface area contributed by atoms with Gasteiger partial charge in [0, 0.05) is 30.2 Å². The summed E-state index contributed by atoms with van der Waals surface area (Å²) in [5, 5.41) is 16.4. The third-order valence-corrected chi connectivity index (χ3v) is 8.06. The number of halogens is 3. The summed E-state index contributed by atoms with van der Waals surface area (Å²) < 4.78 is 44.6. The lowest BCUT2D eigenvalue weighted by Crippen LogP contribution is -2.53. The Balaban J connectivity index is 1.74. The van der Waals surface area contributed by atoms with E-state index in [1.807, 2.05) is 13.8 Å². The van der Waals surface area contributed by atoms with Crippen molar-refractivity contribution >= 4 is 48.1 Å². The second-order valence-electron chi connectivity index (χ2n) is 10.6. The number of hydrogen-bond donors (Lipinski definition) is 6. The molecular weight excluding hydrogens is 588 g/mol. The van der Waals surface area contributed by atoms with Gasteiger partial charge in [0.25, 0.3) is 5.91 Å². The van der Waals surface area contributed by atoms with Crippen LogP contribution in [0.3, 0.4) is 0 Å². The number of carbonyl (C=O) groups is 3. The van der Waals surface area contributed by atoms with Gasteiger partial charge in [-0.3, -0.25) is 19.6 Å². The van der Waals surface area contributed by atoms with Gasteiger partial charge < -0.3 is 32.5 Å². The van der Waals surface area contributed by atoms with Gasteiger partial charge in [0.15, 0.2) is 0 Å². The fourth-order valence-electron chi connectivity index (χ4n) is 4.30. The van der Waals surface area contributed by atoms with Crippen molar-refractivity contribution in [3.05, 3.63) is 53.6 Å². The number of anilines is 1. The summed E-state index contributed by atoms with van der Waals surface area (Å²) in [6.45, 7) is 3.98.